The lowest BCUT2D eigenvalue weighted by Gasteiger charge is -2.19. The van der Waals surface area contributed by atoms with E-state index >= 15 is 0 Å². The standard InChI is InChI=1S/C15H22N2O4/c1-20-10-14(18)16-9-13(17-15(19)11-21-2)8-12-6-4-3-5-7-12/h3-7,13H,8-11H2,1-2H3,(H,16,18)(H,17,19). The van der Waals surface area contributed by atoms with Gasteiger partial charge < -0.3 is 20.1 Å². The molecule has 0 aliphatic rings. The zero-order valence-electron chi connectivity index (χ0n) is 12.4. The molecule has 6 nitrogen and oxygen atoms in total. The van der Waals surface area contributed by atoms with Crippen molar-refractivity contribution in [2.45, 2.75) is 12.5 Å². The Morgan fingerprint density at radius 1 is 1.05 bits per heavy atom. The second kappa shape index (κ2) is 9.90. The topological polar surface area (TPSA) is 76.7 Å². The maximum Gasteiger partial charge on any atom is 0.246 e. The van der Waals surface area contributed by atoms with Gasteiger partial charge in [0, 0.05) is 20.8 Å². The van der Waals surface area contributed by atoms with E-state index in [1.807, 2.05) is 30.3 Å². The van der Waals surface area contributed by atoms with Crippen LogP contribution in [0.2, 0.25) is 0 Å². The molecule has 1 unspecified atom stereocenters. The molecule has 0 saturated heterocycles. The van der Waals surface area contributed by atoms with Gasteiger partial charge in [-0.1, -0.05) is 30.3 Å². The molecular formula is C15H22N2O4. The molecule has 1 atom stereocenters. The first kappa shape index (κ1) is 17.1. The number of hydrogen-bond acceptors (Lipinski definition) is 4. The van der Waals surface area contributed by atoms with Gasteiger partial charge in [0.1, 0.15) is 13.2 Å². The normalized spacial score (nSPS) is 11.7. The Morgan fingerprint density at radius 3 is 2.29 bits per heavy atom. The number of rotatable bonds is 9. The predicted molar refractivity (Wildman–Crippen MR) is 78.8 cm³/mol. The maximum atomic E-state index is 11.6. The van der Waals surface area contributed by atoms with Gasteiger partial charge in [-0.15, -0.1) is 0 Å². The third-order valence-electron chi connectivity index (χ3n) is 2.79. The van der Waals surface area contributed by atoms with Crippen LogP contribution in [0.3, 0.4) is 0 Å². The Morgan fingerprint density at radius 2 is 1.67 bits per heavy atom. The zero-order chi connectivity index (χ0) is 15.5. The van der Waals surface area contributed by atoms with Crippen LogP contribution in [0.4, 0.5) is 0 Å². The molecule has 0 spiro atoms. The first-order valence-electron chi connectivity index (χ1n) is 6.73. The molecule has 2 amide bonds. The van der Waals surface area contributed by atoms with Gasteiger partial charge in [-0.25, -0.2) is 0 Å². The minimum absolute atomic E-state index is 0.00267. The van der Waals surface area contributed by atoms with E-state index in [1.54, 1.807) is 0 Å². The Kier molecular flexibility index (Phi) is 8.08. The summed E-state index contributed by atoms with van der Waals surface area (Å²) in [6, 6.07) is 9.57. The van der Waals surface area contributed by atoms with Crippen molar-refractivity contribution in [1.29, 1.82) is 0 Å². The van der Waals surface area contributed by atoms with Crippen molar-refractivity contribution >= 4 is 11.8 Å². The minimum atomic E-state index is -0.212. The van der Waals surface area contributed by atoms with Crippen LogP contribution < -0.4 is 10.6 Å². The molecule has 1 aromatic rings. The van der Waals surface area contributed by atoms with Crippen molar-refractivity contribution in [3.05, 3.63) is 35.9 Å². The number of carbonyl (C=O) groups excluding carboxylic acids is 2. The highest BCUT2D eigenvalue weighted by molar-refractivity contribution is 5.78. The van der Waals surface area contributed by atoms with Crippen molar-refractivity contribution in [2.24, 2.45) is 0 Å². The molecule has 116 valence electrons. The fourth-order valence-corrected chi connectivity index (χ4v) is 1.89. The number of amides is 2. The summed E-state index contributed by atoms with van der Waals surface area (Å²) in [7, 11) is 2.92. The number of ether oxygens (including phenoxy) is 2. The summed E-state index contributed by atoms with van der Waals surface area (Å²) >= 11 is 0. The quantitative estimate of drug-likeness (QED) is 0.678. The fourth-order valence-electron chi connectivity index (χ4n) is 1.89. The smallest absolute Gasteiger partial charge is 0.246 e. The molecule has 6 heteroatoms. The highest BCUT2D eigenvalue weighted by Gasteiger charge is 2.14. The van der Waals surface area contributed by atoms with Crippen LogP contribution in [0.25, 0.3) is 0 Å². The van der Waals surface area contributed by atoms with Crippen LogP contribution >= 0.6 is 0 Å². The van der Waals surface area contributed by atoms with Crippen LogP contribution in [0.5, 0.6) is 0 Å². The number of carbonyl (C=O) groups is 2. The van der Waals surface area contributed by atoms with Gasteiger partial charge in [0.2, 0.25) is 11.8 Å². The van der Waals surface area contributed by atoms with Crippen molar-refractivity contribution in [1.82, 2.24) is 10.6 Å². The summed E-state index contributed by atoms with van der Waals surface area (Å²) in [6.07, 6.45) is 0.629. The second-order valence-corrected chi connectivity index (χ2v) is 4.62. The van der Waals surface area contributed by atoms with Gasteiger partial charge in [0.15, 0.2) is 0 Å². The van der Waals surface area contributed by atoms with Crippen LogP contribution in [-0.4, -0.2) is 51.8 Å². The molecule has 0 fully saturated rings. The SMILES string of the molecule is COCC(=O)NCC(Cc1ccccc1)NC(=O)COC. The Hall–Kier alpha value is -1.92. The lowest BCUT2D eigenvalue weighted by atomic mass is 10.1. The van der Waals surface area contributed by atoms with E-state index in [2.05, 4.69) is 10.6 Å². The van der Waals surface area contributed by atoms with E-state index < -0.39 is 0 Å². The van der Waals surface area contributed by atoms with E-state index in [-0.39, 0.29) is 31.1 Å². The number of nitrogens with one attached hydrogen (secondary N) is 2. The summed E-state index contributed by atoms with van der Waals surface area (Å²) in [4.78, 5) is 23.1. The van der Waals surface area contributed by atoms with E-state index in [9.17, 15) is 9.59 Å². The Labute approximate surface area is 124 Å². The van der Waals surface area contributed by atoms with E-state index in [0.717, 1.165) is 5.56 Å². The molecule has 0 aliphatic carbocycles. The molecular weight excluding hydrogens is 272 g/mol. The minimum Gasteiger partial charge on any atom is -0.375 e. The molecule has 0 aromatic heterocycles. The molecule has 1 rings (SSSR count). The van der Waals surface area contributed by atoms with Gasteiger partial charge in [-0.2, -0.15) is 0 Å². The highest BCUT2D eigenvalue weighted by atomic mass is 16.5. The van der Waals surface area contributed by atoms with E-state index in [0.29, 0.717) is 13.0 Å². The Bertz CT molecular complexity index is 437. The number of benzene rings is 1. The highest BCUT2D eigenvalue weighted by Crippen LogP contribution is 2.03. The van der Waals surface area contributed by atoms with Crippen LogP contribution in [0, 0.1) is 0 Å². The van der Waals surface area contributed by atoms with Crippen LogP contribution in [0.1, 0.15) is 5.56 Å². The van der Waals surface area contributed by atoms with Gasteiger partial charge >= 0.3 is 0 Å². The van der Waals surface area contributed by atoms with Crippen LogP contribution in [0.15, 0.2) is 30.3 Å². The van der Waals surface area contributed by atoms with Gasteiger partial charge in [-0.05, 0) is 12.0 Å². The van der Waals surface area contributed by atoms with Crippen molar-refractivity contribution < 1.29 is 19.1 Å². The molecule has 0 aliphatic heterocycles. The Balaban J connectivity index is 2.56. The first-order valence-corrected chi connectivity index (χ1v) is 6.73. The largest absolute Gasteiger partial charge is 0.375 e. The monoisotopic (exact) mass is 294 g/mol. The van der Waals surface area contributed by atoms with Gasteiger partial charge in [-0.3, -0.25) is 9.59 Å². The summed E-state index contributed by atoms with van der Waals surface area (Å²) in [5, 5.41) is 5.58. The fraction of sp³-hybridized carbons (Fsp3) is 0.467. The summed E-state index contributed by atoms with van der Waals surface area (Å²) in [5.74, 6) is -0.420. The van der Waals surface area contributed by atoms with Crippen LogP contribution in [-0.2, 0) is 25.5 Å². The first-order chi connectivity index (χ1) is 10.2. The second-order valence-electron chi connectivity index (χ2n) is 4.62. The average molecular weight is 294 g/mol. The van der Waals surface area contributed by atoms with E-state index in [1.165, 1.54) is 14.2 Å². The molecule has 2 N–H and O–H groups in total. The molecule has 21 heavy (non-hydrogen) atoms. The third kappa shape index (κ3) is 7.43. The lowest BCUT2D eigenvalue weighted by molar-refractivity contribution is -0.127. The van der Waals surface area contributed by atoms with E-state index in [4.69, 9.17) is 9.47 Å². The number of hydrogen-bond donors (Lipinski definition) is 2. The summed E-state index contributed by atoms with van der Waals surface area (Å²) < 4.78 is 9.55. The zero-order valence-corrected chi connectivity index (χ0v) is 12.4. The summed E-state index contributed by atoms with van der Waals surface area (Å²) in [6.45, 7) is 0.341. The molecule has 0 saturated carbocycles. The maximum absolute atomic E-state index is 11.6. The van der Waals surface area contributed by atoms with Crippen molar-refractivity contribution in [3.8, 4) is 0 Å². The van der Waals surface area contributed by atoms with Gasteiger partial charge in [0.05, 0.1) is 6.04 Å². The molecule has 0 bridgehead atoms. The number of methoxy groups -OCH3 is 2. The predicted octanol–water partition coefficient (Wildman–Crippen LogP) is 0.123. The van der Waals surface area contributed by atoms with Crippen molar-refractivity contribution in [3.63, 3.8) is 0 Å². The molecule has 1 aromatic carbocycles. The van der Waals surface area contributed by atoms with Gasteiger partial charge in [0.25, 0.3) is 0 Å². The molecule has 0 radical (unpaired) electrons. The van der Waals surface area contributed by atoms with Crippen molar-refractivity contribution in [2.75, 3.05) is 34.0 Å². The lowest BCUT2D eigenvalue weighted by Crippen LogP contribution is -2.46. The summed E-state index contributed by atoms with van der Waals surface area (Å²) in [5.41, 5.74) is 1.08. The third-order valence-corrected chi connectivity index (χ3v) is 2.79. The average Bonchev–Trinajstić information content (AvgIpc) is 2.46. The molecule has 0 heterocycles.